The second-order valence-electron chi connectivity index (χ2n) is 9.25. The van der Waals surface area contributed by atoms with Crippen molar-refractivity contribution in [1.82, 2.24) is 4.90 Å². The van der Waals surface area contributed by atoms with Gasteiger partial charge in [-0.05, 0) is 79.1 Å². The van der Waals surface area contributed by atoms with Crippen molar-refractivity contribution in [3.8, 4) is 5.75 Å². The summed E-state index contributed by atoms with van der Waals surface area (Å²) in [5, 5.41) is 10.3. The van der Waals surface area contributed by atoms with Gasteiger partial charge in [0.1, 0.15) is 5.75 Å². The number of hydrogen-bond donors (Lipinski definition) is 1. The van der Waals surface area contributed by atoms with Crippen LogP contribution in [0, 0.1) is 12.3 Å². The number of piperidine rings is 1. The minimum Gasteiger partial charge on any atom is -0.508 e. The summed E-state index contributed by atoms with van der Waals surface area (Å²) in [5.41, 5.74) is 4.81. The number of fused-ring (bicyclic) bond motifs is 4. The molecule has 1 amide bonds. The topological polar surface area (TPSA) is 52.9 Å². The number of hydrogen-bond acceptors (Lipinski definition) is 3. The summed E-state index contributed by atoms with van der Waals surface area (Å²) in [4.78, 5) is 19.8. The molecule has 2 atom stereocenters. The minimum absolute atomic E-state index is 0.0765. The van der Waals surface area contributed by atoms with E-state index in [1.807, 2.05) is 44.2 Å². The zero-order valence-corrected chi connectivity index (χ0v) is 18.0. The summed E-state index contributed by atoms with van der Waals surface area (Å²) in [6.07, 6.45) is 3.46. The van der Waals surface area contributed by atoms with E-state index in [9.17, 15) is 9.90 Å². The maximum atomic E-state index is 13.4. The lowest BCUT2D eigenvalue weighted by molar-refractivity contribution is -0.0263. The average molecular weight is 391 g/mol. The Morgan fingerprint density at radius 1 is 1.21 bits per heavy atom. The molecule has 2 aliphatic rings. The van der Waals surface area contributed by atoms with Crippen LogP contribution in [0.15, 0.2) is 41.4 Å². The molecule has 0 spiro atoms. The molecule has 1 N–H and O–H groups in total. The van der Waals surface area contributed by atoms with Gasteiger partial charge in [0.15, 0.2) is 0 Å². The van der Waals surface area contributed by atoms with Crippen molar-refractivity contribution < 1.29 is 9.90 Å². The van der Waals surface area contributed by atoms with Gasteiger partial charge < -0.3 is 10.0 Å². The van der Waals surface area contributed by atoms with Crippen molar-refractivity contribution in [2.45, 2.75) is 58.9 Å². The second-order valence-corrected chi connectivity index (χ2v) is 9.25. The van der Waals surface area contributed by atoms with Gasteiger partial charge >= 0.3 is 0 Å². The maximum Gasteiger partial charge on any atom is 0.254 e. The number of likely N-dealkylation sites (tertiary alicyclic amines) is 1. The number of rotatable bonds is 2. The molecule has 152 valence electrons. The number of nitrogens with zero attached hydrogens (tertiary/aromatic N) is 2. The van der Waals surface area contributed by atoms with Crippen LogP contribution in [-0.4, -0.2) is 34.7 Å². The molecular formula is C25H30N2O2. The summed E-state index contributed by atoms with van der Waals surface area (Å²) in [6, 6.07) is 11.8. The fraction of sp³-hybridized carbons (Fsp3) is 0.440. The highest BCUT2D eigenvalue weighted by Crippen LogP contribution is 2.56. The molecular weight excluding hydrogens is 360 g/mol. The molecule has 4 rings (SSSR count). The Morgan fingerprint density at radius 2 is 1.90 bits per heavy atom. The van der Waals surface area contributed by atoms with E-state index in [-0.39, 0.29) is 22.8 Å². The van der Waals surface area contributed by atoms with E-state index in [1.54, 1.807) is 6.21 Å². The van der Waals surface area contributed by atoms with Gasteiger partial charge in [-0.2, -0.15) is 0 Å². The predicted molar refractivity (Wildman–Crippen MR) is 117 cm³/mol. The lowest BCUT2D eigenvalue weighted by Gasteiger charge is -2.60. The average Bonchev–Trinajstić information content (AvgIpc) is 2.67. The molecule has 1 aliphatic carbocycles. The zero-order valence-electron chi connectivity index (χ0n) is 18.0. The number of aliphatic imine (C=N–C) groups is 1. The number of phenolic OH excluding ortho intramolecular Hbond substituents is 1. The van der Waals surface area contributed by atoms with Crippen LogP contribution in [-0.2, 0) is 11.8 Å². The van der Waals surface area contributed by atoms with Gasteiger partial charge in [-0.15, -0.1) is 0 Å². The number of carbonyl (C=O) groups excluding carboxylic acids is 1. The van der Waals surface area contributed by atoms with Crippen molar-refractivity contribution >= 4 is 17.8 Å². The number of carbonyl (C=O) groups is 1. The first-order chi connectivity index (χ1) is 13.7. The van der Waals surface area contributed by atoms with Crippen LogP contribution >= 0.6 is 0 Å². The van der Waals surface area contributed by atoms with Crippen molar-refractivity contribution in [1.29, 1.82) is 0 Å². The monoisotopic (exact) mass is 390 g/mol. The van der Waals surface area contributed by atoms with Gasteiger partial charge in [-0.3, -0.25) is 9.79 Å². The molecule has 1 heterocycles. The third kappa shape index (κ3) is 2.88. The Kier molecular flexibility index (Phi) is 4.56. The molecule has 4 heteroatoms. The Labute approximate surface area is 173 Å². The molecule has 1 saturated heterocycles. The lowest BCUT2D eigenvalue weighted by Crippen LogP contribution is -2.64. The molecule has 0 saturated carbocycles. The van der Waals surface area contributed by atoms with Gasteiger partial charge in [0, 0.05) is 29.8 Å². The molecule has 4 nitrogen and oxygen atoms in total. The zero-order chi connectivity index (χ0) is 21.0. The Hall–Kier alpha value is -2.62. The molecule has 2 bridgehead atoms. The van der Waals surface area contributed by atoms with E-state index in [0.717, 1.165) is 30.6 Å². The quantitative estimate of drug-likeness (QED) is 0.719. The number of aromatic hydroxyl groups is 1. The molecule has 2 aromatic carbocycles. The molecule has 1 aliphatic heterocycles. The first-order valence-electron chi connectivity index (χ1n) is 10.4. The maximum absolute atomic E-state index is 13.4. The first kappa shape index (κ1) is 19.7. The molecule has 0 radical (unpaired) electrons. The Balaban J connectivity index is 1.72. The molecule has 29 heavy (non-hydrogen) atoms. The fourth-order valence-corrected chi connectivity index (χ4v) is 5.32. The third-order valence-electron chi connectivity index (χ3n) is 7.57. The molecule has 1 fully saturated rings. The van der Waals surface area contributed by atoms with Crippen molar-refractivity contribution in [2.75, 3.05) is 6.54 Å². The Bertz CT molecular complexity index is 991. The van der Waals surface area contributed by atoms with E-state index in [2.05, 4.69) is 36.7 Å². The summed E-state index contributed by atoms with van der Waals surface area (Å²) >= 11 is 0. The highest BCUT2D eigenvalue weighted by atomic mass is 16.3. The van der Waals surface area contributed by atoms with Gasteiger partial charge in [0.2, 0.25) is 0 Å². The van der Waals surface area contributed by atoms with Crippen molar-refractivity contribution in [3.63, 3.8) is 0 Å². The number of amides is 1. The Morgan fingerprint density at radius 3 is 2.55 bits per heavy atom. The van der Waals surface area contributed by atoms with Gasteiger partial charge in [-0.1, -0.05) is 26.8 Å². The van der Waals surface area contributed by atoms with Crippen LogP contribution < -0.4 is 0 Å². The highest BCUT2D eigenvalue weighted by Gasteiger charge is 2.57. The van der Waals surface area contributed by atoms with E-state index in [0.29, 0.717) is 11.3 Å². The largest absolute Gasteiger partial charge is 0.508 e. The number of phenols is 1. The SMILES string of the molecule is CC=Nc1ccc(C(=O)N2CC[C@]3(C)c4cc(O)c(C)cc4C[C@H]2C3(C)C)cc1. The van der Waals surface area contributed by atoms with Crippen LogP contribution in [0.4, 0.5) is 5.69 Å². The first-order valence-corrected chi connectivity index (χ1v) is 10.4. The molecule has 0 unspecified atom stereocenters. The van der Waals surface area contributed by atoms with Crippen LogP contribution in [0.25, 0.3) is 0 Å². The molecule has 2 aromatic rings. The molecule has 0 aromatic heterocycles. The second kappa shape index (κ2) is 6.72. The summed E-state index contributed by atoms with van der Waals surface area (Å²) < 4.78 is 0. The number of aryl methyl sites for hydroxylation is 1. The normalized spacial score (nSPS) is 25.1. The van der Waals surface area contributed by atoms with E-state index in [1.165, 1.54) is 11.1 Å². The smallest absolute Gasteiger partial charge is 0.254 e. The number of benzene rings is 2. The fourth-order valence-electron chi connectivity index (χ4n) is 5.32. The standard InChI is InChI=1S/C25H30N2O2/c1-6-26-19-9-7-17(8-10-19)23(29)27-12-11-25(5)20-15-21(28)16(2)13-18(20)14-22(27)24(25,3)4/h6-10,13,15,22,28H,11-12,14H2,1-5H3/t22-,25+/m0/s1. The summed E-state index contributed by atoms with van der Waals surface area (Å²) in [5.74, 6) is 0.462. The summed E-state index contributed by atoms with van der Waals surface area (Å²) in [6.45, 7) is 11.4. The van der Waals surface area contributed by atoms with E-state index >= 15 is 0 Å². The van der Waals surface area contributed by atoms with E-state index in [4.69, 9.17) is 0 Å². The van der Waals surface area contributed by atoms with Crippen LogP contribution in [0.3, 0.4) is 0 Å². The van der Waals surface area contributed by atoms with Crippen LogP contribution in [0.1, 0.15) is 61.2 Å². The van der Waals surface area contributed by atoms with Crippen LogP contribution in [0.2, 0.25) is 0 Å². The lowest BCUT2D eigenvalue weighted by atomic mass is 9.51. The minimum atomic E-state index is -0.0952. The highest BCUT2D eigenvalue weighted by molar-refractivity contribution is 5.95. The van der Waals surface area contributed by atoms with Crippen LogP contribution in [0.5, 0.6) is 5.75 Å². The third-order valence-corrected chi connectivity index (χ3v) is 7.57. The van der Waals surface area contributed by atoms with Crippen molar-refractivity contribution in [2.24, 2.45) is 10.4 Å². The van der Waals surface area contributed by atoms with Crippen molar-refractivity contribution in [3.05, 3.63) is 58.7 Å². The summed E-state index contributed by atoms with van der Waals surface area (Å²) in [7, 11) is 0. The van der Waals surface area contributed by atoms with Gasteiger partial charge in [-0.25, -0.2) is 0 Å². The van der Waals surface area contributed by atoms with Gasteiger partial charge in [0.25, 0.3) is 5.91 Å². The van der Waals surface area contributed by atoms with E-state index < -0.39 is 0 Å². The van der Waals surface area contributed by atoms with Gasteiger partial charge in [0.05, 0.1) is 5.69 Å². The predicted octanol–water partition coefficient (Wildman–Crippen LogP) is 5.18.